The molecule has 0 unspecified atom stereocenters. The second-order valence-electron chi connectivity index (χ2n) is 1.19. The predicted molar refractivity (Wildman–Crippen MR) is 38.5 cm³/mol. The molecule has 0 aromatic rings. The molecule has 0 saturated heterocycles. The summed E-state index contributed by atoms with van der Waals surface area (Å²) >= 11 is 0. The molecule has 1 nitrogen and oxygen atoms in total. The molecule has 42 valence electrons. The SMILES string of the molecule is O=C/C=C1\C=CSS1. The lowest BCUT2D eigenvalue weighted by Crippen LogP contribution is -1.62. The molecule has 3 heteroatoms. The van der Waals surface area contributed by atoms with Gasteiger partial charge in [-0.05, 0) is 17.6 Å². The molecule has 1 heterocycles. The van der Waals surface area contributed by atoms with E-state index in [1.54, 1.807) is 27.7 Å². The minimum Gasteiger partial charge on any atom is -0.299 e. The van der Waals surface area contributed by atoms with Crippen molar-refractivity contribution in [3.63, 3.8) is 0 Å². The molecule has 0 aromatic heterocycles. The third-order valence-electron chi connectivity index (χ3n) is 0.665. The average molecular weight is 144 g/mol. The quantitative estimate of drug-likeness (QED) is 0.318. The lowest BCUT2D eigenvalue weighted by molar-refractivity contribution is -0.104. The van der Waals surface area contributed by atoms with Crippen LogP contribution in [0, 0.1) is 0 Å². The molecule has 0 amide bonds. The summed E-state index contributed by atoms with van der Waals surface area (Å²) in [7, 11) is 3.23. The zero-order valence-corrected chi connectivity index (χ0v) is 5.67. The van der Waals surface area contributed by atoms with Crippen molar-refractivity contribution in [3.05, 3.63) is 22.5 Å². The Balaban J connectivity index is 2.58. The first-order valence-corrected chi connectivity index (χ1v) is 4.30. The molecule has 0 atom stereocenters. The number of rotatable bonds is 1. The molecule has 1 aliphatic rings. The van der Waals surface area contributed by atoms with Crippen molar-refractivity contribution in [3.8, 4) is 0 Å². The maximum absolute atomic E-state index is 9.83. The van der Waals surface area contributed by atoms with Gasteiger partial charge in [-0.15, -0.1) is 0 Å². The smallest absolute Gasteiger partial charge is 0.143 e. The van der Waals surface area contributed by atoms with E-state index in [0.717, 1.165) is 11.2 Å². The van der Waals surface area contributed by atoms with Gasteiger partial charge in [-0.25, -0.2) is 0 Å². The summed E-state index contributed by atoms with van der Waals surface area (Å²) in [4.78, 5) is 10.9. The van der Waals surface area contributed by atoms with Crippen LogP contribution in [0.4, 0.5) is 0 Å². The van der Waals surface area contributed by atoms with E-state index in [1.165, 1.54) is 0 Å². The Morgan fingerprint density at radius 2 is 2.50 bits per heavy atom. The van der Waals surface area contributed by atoms with Crippen LogP contribution in [0.5, 0.6) is 0 Å². The highest BCUT2D eigenvalue weighted by atomic mass is 33.1. The molecular formula is C5H4OS2. The first-order valence-electron chi connectivity index (χ1n) is 2.09. The third-order valence-corrected chi connectivity index (χ3v) is 2.67. The maximum atomic E-state index is 9.83. The summed E-state index contributed by atoms with van der Waals surface area (Å²) in [6, 6.07) is 0. The van der Waals surface area contributed by atoms with Gasteiger partial charge in [0.15, 0.2) is 0 Å². The van der Waals surface area contributed by atoms with E-state index in [1.807, 2.05) is 11.5 Å². The van der Waals surface area contributed by atoms with Gasteiger partial charge in [-0.2, -0.15) is 0 Å². The minimum absolute atomic E-state index is 0.804. The fraction of sp³-hybridized carbons (Fsp3) is 0. The Morgan fingerprint density at radius 3 is 3.00 bits per heavy atom. The largest absolute Gasteiger partial charge is 0.299 e. The van der Waals surface area contributed by atoms with Gasteiger partial charge in [0.25, 0.3) is 0 Å². The third kappa shape index (κ3) is 1.42. The van der Waals surface area contributed by atoms with Gasteiger partial charge in [0, 0.05) is 4.91 Å². The molecule has 0 aromatic carbocycles. The number of carbonyl (C=O) groups is 1. The van der Waals surface area contributed by atoms with Crippen LogP contribution in [0.2, 0.25) is 0 Å². The van der Waals surface area contributed by atoms with Crippen LogP contribution in [0.15, 0.2) is 22.5 Å². The zero-order valence-electron chi connectivity index (χ0n) is 4.03. The van der Waals surface area contributed by atoms with Crippen LogP contribution in [-0.4, -0.2) is 6.29 Å². The first-order chi connectivity index (χ1) is 3.93. The van der Waals surface area contributed by atoms with E-state index in [-0.39, 0.29) is 0 Å². The summed E-state index contributed by atoms with van der Waals surface area (Å²) in [5.74, 6) is 0. The van der Waals surface area contributed by atoms with Gasteiger partial charge in [0.2, 0.25) is 0 Å². The molecule has 0 radical (unpaired) electrons. The van der Waals surface area contributed by atoms with E-state index in [9.17, 15) is 4.79 Å². The topological polar surface area (TPSA) is 17.1 Å². The first kappa shape index (κ1) is 5.98. The van der Waals surface area contributed by atoms with Crippen molar-refractivity contribution in [2.45, 2.75) is 0 Å². The van der Waals surface area contributed by atoms with Crippen molar-refractivity contribution in [1.82, 2.24) is 0 Å². The molecule has 1 rings (SSSR count). The van der Waals surface area contributed by atoms with Gasteiger partial charge in [-0.1, -0.05) is 21.6 Å². The van der Waals surface area contributed by atoms with E-state index in [0.29, 0.717) is 0 Å². The lowest BCUT2D eigenvalue weighted by atomic mass is 10.5. The molecular weight excluding hydrogens is 140 g/mol. The second kappa shape index (κ2) is 2.99. The molecule has 0 spiro atoms. The number of carbonyl (C=O) groups excluding carboxylic acids is 1. The number of allylic oxidation sites excluding steroid dienone is 2. The predicted octanol–water partition coefficient (Wildman–Crippen LogP) is 1.98. The lowest BCUT2D eigenvalue weighted by Gasteiger charge is -1.81. The molecule has 0 fully saturated rings. The van der Waals surface area contributed by atoms with Crippen molar-refractivity contribution < 1.29 is 4.79 Å². The fourth-order valence-corrected chi connectivity index (χ4v) is 2.05. The molecule has 0 saturated carbocycles. The number of hydrogen-bond donors (Lipinski definition) is 0. The van der Waals surface area contributed by atoms with Crippen LogP contribution in [0.25, 0.3) is 0 Å². The summed E-state index contributed by atoms with van der Waals surface area (Å²) in [5.41, 5.74) is 0. The Labute approximate surface area is 55.6 Å². The standard InChI is InChI=1S/C5H4OS2/c6-3-1-5-2-4-7-8-5/h1-4H/b5-1+. The van der Waals surface area contributed by atoms with E-state index in [2.05, 4.69) is 0 Å². The monoisotopic (exact) mass is 144 g/mol. The fourth-order valence-electron chi connectivity index (χ4n) is 0.356. The number of aldehydes is 1. The van der Waals surface area contributed by atoms with E-state index >= 15 is 0 Å². The van der Waals surface area contributed by atoms with Crippen molar-refractivity contribution in [2.75, 3.05) is 0 Å². The Bertz CT molecular complexity index is 149. The highest BCUT2D eigenvalue weighted by Gasteiger charge is 1.97. The van der Waals surface area contributed by atoms with Crippen molar-refractivity contribution >= 4 is 27.9 Å². The number of hydrogen-bond acceptors (Lipinski definition) is 3. The van der Waals surface area contributed by atoms with Gasteiger partial charge in [-0.3, -0.25) is 4.79 Å². The van der Waals surface area contributed by atoms with Crippen LogP contribution in [0.3, 0.4) is 0 Å². The van der Waals surface area contributed by atoms with Crippen LogP contribution in [-0.2, 0) is 4.79 Å². The summed E-state index contributed by atoms with van der Waals surface area (Å²) in [6.07, 6.45) is 4.28. The van der Waals surface area contributed by atoms with Crippen LogP contribution in [0.1, 0.15) is 0 Å². The Hall–Kier alpha value is -0.150. The van der Waals surface area contributed by atoms with Gasteiger partial charge in [0.05, 0.1) is 0 Å². The highest BCUT2D eigenvalue weighted by molar-refractivity contribution is 8.79. The van der Waals surface area contributed by atoms with Gasteiger partial charge >= 0.3 is 0 Å². The van der Waals surface area contributed by atoms with Crippen LogP contribution >= 0.6 is 21.6 Å². The average Bonchev–Trinajstić information content (AvgIpc) is 2.19. The molecule has 0 N–H and O–H groups in total. The minimum atomic E-state index is 0.804. The normalized spacial score (nSPS) is 22.2. The van der Waals surface area contributed by atoms with E-state index < -0.39 is 0 Å². The Kier molecular flexibility index (Phi) is 2.24. The highest BCUT2D eigenvalue weighted by Crippen LogP contribution is 2.37. The summed E-state index contributed by atoms with van der Waals surface area (Å²) in [5, 5.41) is 1.96. The van der Waals surface area contributed by atoms with Crippen molar-refractivity contribution in [1.29, 1.82) is 0 Å². The molecule has 8 heavy (non-hydrogen) atoms. The summed E-state index contributed by atoms with van der Waals surface area (Å²) in [6.45, 7) is 0. The Morgan fingerprint density at radius 1 is 1.62 bits per heavy atom. The molecule has 0 bridgehead atoms. The summed E-state index contributed by atoms with van der Waals surface area (Å²) < 4.78 is 0. The van der Waals surface area contributed by atoms with Crippen LogP contribution < -0.4 is 0 Å². The van der Waals surface area contributed by atoms with Gasteiger partial charge in [0.1, 0.15) is 6.29 Å². The van der Waals surface area contributed by atoms with E-state index in [4.69, 9.17) is 0 Å². The van der Waals surface area contributed by atoms with Gasteiger partial charge < -0.3 is 0 Å². The molecule has 1 aliphatic heterocycles. The molecule has 0 aliphatic carbocycles. The second-order valence-corrected chi connectivity index (χ2v) is 3.37. The van der Waals surface area contributed by atoms with Crippen molar-refractivity contribution in [2.24, 2.45) is 0 Å². The maximum Gasteiger partial charge on any atom is 0.143 e. The zero-order chi connectivity index (χ0) is 5.82.